The van der Waals surface area contributed by atoms with Crippen molar-refractivity contribution in [1.82, 2.24) is 14.7 Å². The highest BCUT2D eigenvalue weighted by molar-refractivity contribution is 5.94. The number of unbranched alkanes of at least 4 members (excludes halogenated alkanes) is 8. The van der Waals surface area contributed by atoms with Crippen molar-refractivity contribution in [3.8, 4) is 5.69 Å². The van der Waals surface area contributed by atoms with E-state index in [0.29, 0.717) is 25.4 Å². The number of methoxy groups -OCH3 is 1. The minimum atomic E-state index is -0.241. The first-order chi connectivity index (χ1) is 18.2. The van der Waals surface area contributed by atoms with E-state index in [1.54, 1.807) is 16.7 Å². The number of rotatable bonds is 17. The molecule has 1 aromatic heterocycles. The van der Waals surface area contributed by atoms with E-state index >= 15 is 0 Å². The van der Waals surface area contributed by atoms with Crippen molar-refractivity contribution in [2.45, 2.75) is 104 Å². The Balaban J connectivity index is 1.97. The number of amides is 2. The summed E-state index contributed by atoms with van der Waals surface area (Å²) in [6, 6.07) is 9.95. The number of ether oxygens (including phenoxy) is 1. The highest BCUT2D eigenvalue weighted by Gasteiger charge is 2.23. The monoisotopic (exact) mass is 526 g/mol. The normalized spacial score (nSPS) is 11.5. The van der Waals surface area contributed by atoms with Crippen LogP contribution in [0.1, 0.15) is 103 Å². The first kappa shape index (κ1) is 31.5. The van der Waals surface area contributed by atoms with Crippen LogP contribution in [0.2, 0.25) is 0 Å². The summed E-state index contributed by atoms with van der Waals surface area (Å²) in [7, 11) is 1.61. The van der Waals surface area contributed by atoms with Crippen LogP contribution in [-0.4, -0.2) is 53.3 Å². The van der Waals surface area contributed by atoms with Gasteiger partial charge in [0.1, 0.15) is 5.82 Å². The molecule has 1 N–H and O–H groups in total. The third-order valence-corrected chi connectivity index (χ3v) is 6.77. The van der Waals surface area contributed by atoms with Gasteiger partial charge in [0.25, 0.3) is 0 Å². The van der Waals surface area contributed by atoms with Gasteiger partial charge in [-0.25, -0.2) is 4.68 Å². The van der Waals surface area contributed by atoms with Crippen LogP contribution >= 0.6 is 0 Å². The summed E-state index contributed by atoms with van der Waals surface area (Å²) in [4.78, 5) is 27.7. The Morgan fingerprint density at radius 1 is 0.974 bits per heavy atom. The minimum Gasteiger partial charge on any atom is -0.383 e. The van der Waals surface area contributed by atoms with Gasteiger partial charge in [0.2, 0.25) is 11.8 Å². The first-order valence-electron chi connectivity index (χ1n) is 14.4. The van der Waals surface area contributed by atoms with Gasteiger partial charge < -0.3 is 15.0 Å². The zero-order valence-corrected chi connectivity index (χ0v) is 24.6. The Morgan fingerprint density at radius 3 is 2.16 bits per heavy atom. The summed E-state index contributed by atoms with van der Waals surface area (Å²) < 4.78 is 6.97. The lowest BCUT2D eigenvalue weighted by Crippen LogP contribution is -2.40. The molecule has 0 atom stereocenters. The summed E-state index contributed by atoms with van der Waals surface area (Å²) in [5.74, 6) is 0.361. The first-order valence-corrected chi connectivity index (χ1v) is 14.4. The summed E-state index contributed by atoms with van der Waals surface area (Å²) in [6.07, 6.45) is 11.3. The molecule has 0 bridgehead atoms. The summed E-state index contributed by atoms with van der Waals surface area (Å²) in [5, 5.41) is 7.79. The second-order valence-corrected chi connectivity index (χ2v) is 11.3. The Kier molecular flexibility index (Phi) is 13.6. The van der Waals surface area contributed by atoms with Crippen LogP contribution in [0, 0.1) is 6.92 Å². The van der Waals surface area contributed by atoms with E-state index in [1.165, 1.54) is 38.5 Å². The lowest BCUT2D eigenvalue weighted by atomic mass is 9.92. The van der Waals surface area contributed by atoms with Crippen molar-refractivity contribution in [2.75, 3.05) is 32.1 Å². The molecule has 7 heteroatoms. The predicted octanol–water partition coefficient (Wildman–Crippen LogP) is 6.81. The van der Waals surface area contributed by atoms with Crippen molar-refractivity contribution in [1.29, 1.82) is 0 Å². The maximum atomic E-state index is 13.1. The zero-order valence-electron chi connectivity index (χ0n) is 24.6. The number of aryl methyl sites for hydroxylation is 1. The molecule has 0 aliphatic rings. The second kappa shape index (κ2) is 16.3. The fourth-order valence-electron chi connectivity index (χ4n) is 4.31. The third kappa shape index (κ3) is 11.0. The standard InChI is InChI=1S/C31H50N4O3/c1-7-8-9-10-11-12-13-14-15-16-30(37)34(21-22-38-6)24-29(36)32-28-23-27(31(3,4)5)33-35(28)26-19-17-25(2)18-20-26/h17-20,23H,7-16,21-22,24H2,1-6H3,(H,32,36). The average Bonchev–Trinajstić information content (AvgIpc) is 3.30. The topological polar surface area (TPSA) is 76.5 Å². The lowest BCUT2D eigenvalue weighted by Gasteiger charge is -2.22. The molecule has 0 unspecified atom stereocenters. The maximum absolute atomic E-state index is 13.1. The minimum absolute atomic E-state index is 0.00238. The van der Waals surface area contributed by atoms with Crippen molar-refractivity contribution in [3.63, 3.8) is 0 Å². The quantitative estimate of drug-likeness (QED) is 0.230. The van der Waals surface area contributed by atoms with E-state index in [4.69, 9.17) is 9.84 Å². The maximum Gasteiger partial charge on any atom is 0.245 e. The van der Waals surface area contributed by atoms with Crippen LogP contribution in [0.5, 0.6) is 0 Å². The fourth-order valence-corrected chi connectivity index (χ4v) is 4.31. The van der Waals surface area contributed by atoms with Gasteiger partial charge in [-0.15, -0.1) is 0 Å². The second-order valence-electron chi connectivity index (χ2n) is 11.3. The predicted molar refractivity (Wildman–Crippen MR) is 156 cm³/mol. The van der Waals surface area contributed by atoms with Crippen LogP contribution in [0.3, 0.4) is 0 Å². The summed E-state index contributed by atoms with van der Waals surface area (Å²) >= 11 is 0. The highest BCUT2D eigenvalue weighted by atomic mass is 16.5. The summed E-state index contributed by atoms with van der Waals surface area (Å²) in [5.41, 5.74) is 2.73. The largest absolute Gasteiger partial charge is 0.383 e. The van der Waals surface area contributed by atoms with Crippen molar-refractivity contribution < 1.29 is 14.3 Å². The molecule has 7 nitrogen and oxygen atoms in total. The molecule has 38 heavy (non-hydrogen) atoms. The van der Waals surface area contributed by atoms with E-state index in [1.807, 2.05) is 37.3 Å². The van der Waals surface area contributed by atoms with Crippen LogP contribution in [-0.2, 0) is 19.7 Å². The number of anilines is 1. The summed E-state index contributed by atoms with van der Waals surface area (Å²) in [6.45, 7) is 11.3. The third-order valence-electron chi connectivity index (χ3n) is 6.77. The SMILES string of the molecule is CCCCCCCCCCCC(=O)N(CCOC)CC(=O)Nc1cc(C(C)(C)C)nn1-c1ccc(C)cc1. The number of hydrogen-bond acceptors (Lipinski definition) is 4. The molecule has 0 saturated heterocycles. The smallest absolute Gasteiger partial charge is 0.245 e. The molecule has 0 aliphatic carbocycles. The molecule has 2 rings (SSSR count). The van der Waals surface area contributed by atoms with Crippen molar-refractivity contribution in [3.05, 3.63) is 41.6 Å². The Bertz CT molecular complexity index is 976. The van der Waals surface area contributed by atoms with E-state index in [2.05, 4.69) is 33.0 Å². The van der Waals surface area contributed by atoms with Gasteiger partial charge in [0.15, 0.2) is 0 Å². The van der Waals surface area contributed by atoms with Crippen LogP contribution in [0.4, 0.5) is 5.82 Å². The molecular weight excluding hydrogens is 476 g/mol. The number of hydrogen-bond donors (Lipinski definition) is 1. The number of carbonyl (C=O) groups is 2. The van der Waals surface area contributed by atoms with E-state index in [0.717, 1.165) is 36.2 Å². The van der Waals surface area contributed by atoms with E-state index in [9.17, 15) is 9.59 Å². The van der Waals surface area contributed by atoms with Gasteiger partial charge in [-0.2, -0.15) is 5.10 Å². The average molecular weight is 527 g/mol. The molecular formula is C31H50N4O3. The molecule has 1 heterocycles. The van der Waals surface area contributed by atoms with Crippen molar-refractivity contribution in [2.24, 2.45) is 0 Å². The number of aromatic nitrogens is 2. The lowest BCUT2D eigenvalue weighted by molar-refractivity contribution is -0.135. The van der Waals surface area contributed by atoms with Crippen LogP contribution in [0.25, 0.3) is 5.69 Å². The highest BCUT2D eigenvalue weighted by Crippen LogP contribution is 2.26. The Labute approximate surface area is 230 Å². The zero-order chi connectivity index (χ0) is 28.0. The number of benzene rings is 1. The van der Waals surface area contributed by atoms with Crippen LogP contribution < -0.4 is 5.32 Å². The van der Waals surface area contributed by atoms with Crippen LogP contribution in [0.15, 0.2) is 30.3 Å². The number of nitrogens with one attached hydrogen (secondary N) is 1. The van der Waals surface area contributed by atoms with Gasteiger partial charge in [-0.3, -0.25) is 9.59 Å². The van der Waals surface area contributed by atoms with E-state index in [-0.39, 0.29) is 23.8 Å². The number of carbonyl (C=O) groups excluding carboxylic acids is 2. The fraction of sp³-hybridized carbons (Fsp3) is 0.645. The molecule has 0 spiro atoms. The molecule has 0 saturated carbocycles. The van der Waals surface area contributed by atoms with Crippen molar-refractivity contribution >= 4 is 17.6 Å². The van der Waals surface area contributed by atoms with Gasteiger partial charge >= 0.3 is 0 Å². The Morgan fingerprint density at radius 2 is 1.58 bits per heavy atom. The molecule has 2 amide bonds. The molecule has 2 aromatic rings. The molecule has 1 aromatic carbocycles. The van der Waals surface area contributed by atoms with Gasteiger partial charge in [-0.1, -0.05) is 96.8 Å². The molecule has 0 fully saturated rings. The van der Waals surface area contributed by atoms with Gasteiger partial charge in [-0.05, 0) is 25.5 Å². The Hall–Kier alpha value is -2.67. The van der Waals surface area contributed by atoms with Gasteiger partial charge in [0.05, 0.1) is 24.5 Å². The molecule has 0 radical (unpaired) electrons. The van der Waals surface area contributed by atoms with E-state index < -0.39 is 0 Å². The molecule has 0 aliphatic heterocycles. The van der Waals surface area contributed by atoms with Gasteiger partial charge in [0, 0.05) is 31.6 Å². The molecule has 212 valence electrons. The number of nitrogens with zero attached hydrogens (tertiary/aromatic N) is 3.